The van der Waals surface area contributed by atoms with Crippen molar-refractivity contribution in [1.29, 1.82) is 0 Å². The van der Waals surface area contributed by atoms with Crippen LogP contribution in [0.3, 0.4) is 0 Å². The lowest BCUT2D eigenvalue weighted by Gasteiger charge is -2.10. The summed E-state index contributed by atoms with van der Waals surface area (Å²) in [6, 6.07) is 20.4. The lowest BCUT2D eigenvalue weighted by Crippen LogP contribution is -2.09. The van der Waals surface area contributed by atoms with Crippen LogP contribution in [0.5, 0.6) is 11.5 Å². The van der Waals surface area contributed by atoms with E-state index in [0.717, 1.165) is 12.0 Å². The molecule has 0 aliphatic heterocycles. The quantitative estimate of drug-likeness (QED) is 0.332. The number of hydrogen-bond donors (Lipinski definition) is 0. The van der Waals surface area contributed by atoms with Crippen LogP contribution in [0.1, 0.15) is 21.5 Å². The second-order valence-corrected chi connectivity index (χ2v) is 7.29. The monoisotopic (exact) mass is 444 g/mol. The van der Waals surface area contributed by atoms with Crippen LogP contribution in [0.2, 0.25) is 5.02 Å². The smallest absolute Gasteiger partial charge is 0.343 e. The molecule has 138 valence electrons. The maximum Gasteiger partial charge on any atom is 0.343 e. The van der Waals surface area contributed by atoms with Gasteiger partial charge in [-0.05, 0) is 64.3 Å². The largest absolute Gasteiger partial charge is 0.492 e. The predicted octanol–water partition coefficient (Wildman–Crippen LogP) is 6.25. The number of rotatable bonds is 6. The van der Waals surface area contributed by atoms with Gasteiger partial charge in [-0.15, -0.1) is 0 Å². The molecular formula is C22H18BrClO3. The van der Waals surface area contributed by atoms with Gasteiger partial charge in [-0.1, -0.05) is 48.0 Å². The predicted molar refractivity (Wildman–Crippen MR) is 111 cm³/mol. The van der Waals surface area contributed by atoms with Crippen LogP contribution in [-0.2, 0) is 6.42 Å². The number of benzene rings is 3. The van der Waals surface area contributed by atoms with Gasteiger partial charge in [-0.25, -0.2) is 4.79 Å². The highest BCUT2D eigenvalue weighted by Crippen LogP contribution is 2.27. The van der Waals surface area contributed by atoms with E-state index in [9.17, 15) is 4.79 Å². The first-order valence-electron chi connectivity index (χ1n) is 8.47. The van der Waals surface area contributed by atoms with Gasteiger partial charge >= 0.3 is 5.97 Å². The van der Waals surface area contributed by atoms with Crippen molar-refractivity contribution in [2.75, 3.05) is 6.61 Å². The van der Waals surface area contributed by atoms with Crippen LogP contribution in [0.25, 0.3) is 0 Å². The number of carbonyl (C=O) groups excluding carboxylic acids is 1. The molecule has 3 aromatic rings. The Hall–Kier alpha value is -2.30. The van der Waals surface area contributed by atoms with E-state index in [1.54, 1.807) is 30.3 Å². The maximum atomic E-state index is 12.3. The van der Waals surface area contributed by atoms with Gasteiger partial charge in [0.05, 0.1) is 16.6 Å². The van der Waals surface area contributed by atoms with Gasteiger partial charge in [0, 0.05) is 11.4 Å². The molecule has 0 saturated carbocycles. The molecular weight excluding hydrogens is 428 g/mol. The number of ether oxygens (including phenoxy) is 2. The van der Waals surface area contributed by atoms with E-state index in [-0.39, 0.29) is 0 Å². The highest BCUT2D eigenvalue weighted by atomic mass is 79.9. The third kappa shape index (κ3) is 5.34. The summed E-state index contributed by atoms with van der Waals surface area (Å²) in [5.41, 5.74) is 2.57. The van der Waals surface area contributed by atoms with Gasteiger partial charge in [0.2, 0.25) is 0 Å². The van der Waals surface area contributed by atoms with Crippen molar-refractivity contribution in [3.63, 3.8) is 0 Å². The Morgan fingerprint density at radius 1 is 1.04 bits per heavy atom. The second kappa shape index (κ2) is 9.07. The summed E-state index contributed by atoms with van der Waals surface area (Å²) in [6.45, 7) is 2.44. The van der Waals surface area contributed by atoms with E-state index < -0.39 is 5.97 Å². The fourth-order valence-electron chi connectivity index (χ4n) is 2.47. The van der Waals surface area contributed by atoms with Crippen LogP contribution in [0, 0.1) is 6.92 Å². The first-order valence-corrected chi connectivity index (χ1v) is 9.64. The molecule has 3 rings (SSSR count). The zero-order valence-corrected chi connectivity index (χ0v) is 17.1. The van der Waals surface area contributed by atoms with Crippen LogP contribution < -0.4 is 9.47 Å². The molecule has 0 heterocycles. The number of hydrogen-bond acceptors (Lipinski definition) is 3. The van der Waals surface area contributed by atoms with E-state index in [1.807, 2.05) is 31.2 Å². The van der Waals surface area contributed by atoms with Gasteiger partial charge in [0.1, 0.15) is 11.5 Å². The Kier molecular flexibility index (Phi) is 6.54. The molecule has 0 amide bonds. The summed E-state index contributed by atoms with van der Waals surface area (Å²) in [7, 11) is 0. The van der Waals surface area contributed by atoms with E-state index >= 15 is 0 Å². The van der Waals surface area contributed by atoms with Crippen molar-refractivity contribution in [2.24, 2.45) is 0 Å². The molecule has 27 heavy (non-hydrogen) atoms. The van der Waals surface area contributed by atoms with Crippen LogP contribution in [0.4, 0.5) is 0 Å². The van der Waals surface area contributed by atoms with E-state index in [4.69, 9.17) is 21.1 Å². The Labute approximate surface area is 172 Å². The minimum Gasteiger partial charge on any atom is -0.492 e. The third-order valence-corrected chi connectivity index (χ3v) is 5.04. The van der Waals surface area contributed by atoms with Gasteiger partial charge in [-0.3, -0.25) is 0 Å². The van der Waals surface area contributed by atoms with Crippen LogP contribution in [-0.4, -0.2) is 12.6 Å². The molecule has 3 nitrogen and oxygen atoms in total. The highest BCUT2D eigenvalue weighted by Gasteiger charge is 2.12. The van der Waals surface area contributed by atoms with Crippen LogP contribution >= 0.6 is 27.5 Å². The maximum absolute atomic E-state index is 12.3. The molecule has 0 aliphatic rings. The molecule has 0 N–H and O–H groups in total. The van der Waals surface area contributed by atoms with Crippen molar-refractivity contribution >= 4 is 33.5 Å². The van der Waals surface area contributed by atoms with Gasteiger partial charge in [0.15, 0.2) is 0 Å². The molecule has 5 heteroatoms. The van der Waals surface area contributed by atoms with E-state index in [0.29, 0.717) is 33.2 Å². The Morgan fingerprint density at radius 2 is 1.81 bits per heavy atom. The normalized spacial score (nSPS) is 10.5. The molecule has 0 bridgehead atoms. The van der Waals surface area contributed by atoms with E-state index in [2.05, 4.69) is 28.1 Å². The topological polar surface area (TPSA) is 35.5 Å². The standard InChI is InChI=1S/C22H18BrClO3/c1-15-7-9-18(14-20(15)24)27-22(25)17-8-10-21(19(23)13-17)26-12-11-16-5-3-2-4-6-16/h2-10,13-14H,11-12H2,1H3. The molecule has 0 saturated heterocycles. The molecule has 3 aromatic carbocycles. The summed E-state index contributed by atoms with van der Waals surface area (Å²) in [4.78, 5) is 12.3. The first-order chi connectivity index (χ1) is 13.0. The number of esters is 1. The molecule has 0 spiro atoms. The van der Waals surface area contributed by atoms with Crippen molar-refractivity contribution in [3.05, 3.63) is 92.9 Å². The van der Waals surface area contributed by atoms with Crippen molar-refractivity contribution < 1.29 is 14.3 Å². The lowest BCUT2D eigenvalue weighted by molar-refractivity contribution is 0.0734. The van der Waals surface area contributed by atoms with Crippen LogP contribution in [0.15, 0.2) is 71.2 Å². The molecule has 0 radical (unpaired) electrons. The molecule has 0 unspecified atom stereocenters. The second-order valence-electron chi connectivity index (χ2n) is 6.03. The lowest BCUT2D eigenvalue weighted by atomic mass is 10.2. The minimum atomic E-state index is -0.452. The fraction of sp³-hybridized carbons (Fsp3) is 0.136. The Morgan fingerprint density at radius 3 is 2.52 bits per heavy atom. The molecule has 0 aromatic heterocycles. The zero-order valence-electron chi connectivity index (χ0n) is 14.7. The number of halogens is 2. The first kappa shape index (κ1) is 19.5. The van der Waals surface area contributed by atoms with Crippen molar-refractivity contribution in [3.8, 4) is 11.5 Å². The zero-order chi connectivity index (χ0) is 19.2. The summed E-state index contributed by atoms with van der Waals surface area (Å²) in [6.07, 6.45) is 0.811. The van der Waals surface area contributed by atoms with Gasteiger partial charge in [-0.2, -0.15) is 0 Å². The SMILES string of the molecule is Cc1ccc(OC(=O)c2ccc(OCCc3ccccc3)c(Br)c2)cc1Cl. The highest BCUT2D eigenvalue weighted by molar-refractivity contribution is 9.10. The number of aryl methyl sites for hydroxylation is 1. The average Bonchev–Trinajstić information content (AvgIpc) is 2.67. The Balaban J connectivity index is 1.61. The average molecular weight is 446 g/mol. The van der Waals surface area contributed by atoms with Gasteiger partial charge in [0.25, 0.3) is 0 Å². The summed E-state index contributed by atoms with van der Waals surface area (Å²) in [5.74, 6) is 0.641. The fourth-order valence-corrected chi connectivity index (χ4v) is 3.14. The van der Waals surface area contributed by atoms with Gasteiger partial charge < -0.3 is 9.47 Å². The number of carbonyl (C=O) groups is 1. The van der Waals surface area contributed by atoms with Crippen molar-refractivity contribution in [2.45, 2.75) is 13.3 Å². The third-order valence-electron chi connectivity index (χ3n) is 4.01. The van der Waals surface area contributed by atoms with E-state index in [1.165, 1.54) is 5.56 Å². The molecule has 0 aliphatic carbocycles. The summed E-state index contributed by atoms with van der Waals surface area (Å²) in [5, 5.41) is 0.559. The summed E-state index contributed by atoms with van der Waals surface area (Å²) < 4.78 is 11.9. The molecule has 0 atom stereocenters. The summed E-state index contributed by atoms with van der Waals surface area (Å²) >= 11 is 9.52. The minimum absolute atomic E-state index is 0.412. The van der Waals surface area contributed by atoms with Crippen molar-refractivity contribution in [1.82, 2.24) is 0 Å². The Bertz CT molecular complexity index is 942. The molecule has 0 fully saturated rings.